The lowest BCUT2D eigenvalue weighted by Gasteiger charge is -2.26. The minimum atomic E-state index is -0.567. The van der Waals surface area contributed by atoms with Gasteiger partial charge in [-0.3, -0.25) is 9.59 Å². The maximum Gasteiger partial charge on any atom is 0.251 e. The molecule has 0 aromatic heterocycles. The number of piperidine rings is 1. The van der Waals surface area contributed by atoms with Crippen molar-refractivity contribution < 1.29 is 9.59 Å². The molecule has 8 nitrogen and oxygen atoms in total. The van der Waals surface area contributed by atoms with E-state index in [1.807, 2.05) is 19.1 Å². The van der Waals surface area contributed by atoms with Crippen LogP contribution >= 0.6 is 0 Å². The zero-order chi connectivity index (χ0) is 20.2. The number of nitrogens with zero attached hydrogens (tertiary/aromatic N) is 2. The van der Waals surface area contributed by atoms with Crippen molar-refractivity contribution >= 4 is 17.8 Å². The molecule has 1 fully saturated rings. The molecule has 5 N–H and O–H groups in total. The Morgan fingerprint density at radius 2 is 1.79 bits per heavy atom. The summed E-state index contributed by atoms with van der Waals surface area (Å²) < 4.78 is 0. The van der Waals surface area contributed by atoms with Gasteiger partial charge in [0, 0.05) is 25.2 Å². The van der Waals surface area contributed by atoms with Gasteiger partial charge in [0.05, 0.1) is 13.1 Å². The number of primary amides is 1. The number of carbonyl (C=O) groups excluding carboxylic acids is 2. The molecule has 1 saturated heterocycles. The summed E-state index contributed by atoms with van der Waals surface area (Å²) in [5, 5.41) is 9.11. The standard InChI is InChI=1S/C20H32N6O2/c1-2-22-20(23-10-13-26-11-4-3-5-12-26)25-14-16-6-8-17(9-7-16)19(28)24-15-18(21)27/h6-9H,2-5,10-15H2,1H3,(H2,21,27)(H,24,28)(H2,22,23,25). The third kappa shape index (κ3) is 7.96. The molecule has 1 aliphatic rings. The highest BCUT2D eigenvalue weighted by atomic mass is 16.2. The number of hydrogen-bond donors (Lipinski definition) is 4. The number of carbonyl (C=O) groups is 2. The minimum Gasteiger partial charge on any atom is -0.368 e. The molecule has 1 aromatic carbocycles. The van der Waals surface area contributed by atoms with Crippen LogP contribution in [-0.2, 0) is 11.3 Å². The average molecular weight is 389 g/mol. The number of nitrogens with two attached hydrogens (primary N) is 1. The van der Waals surface area contributed by atoms with Crippen LogP contribution in [0.5, 0.6) is 0 Å². The maximum atomic E-state index is 11.9. The highest BCUT2D eigenvalue weighted by Gasteiger charge is 2.09. The van der Waals surface area contributed by atoms with E-state index in [1.165, 1.54) is 32.4 Å². The predicted octanol–water partition coefficient (Wildman–Crippen LogP) is 0.443. The third-order valence-electron chi connectivity index (χ3n) is 4.57. The van der Waals surface area contributed by atoms with Crippen molar-refractivity contribution in [3.05, 3.63) is 35.4 Å². The minimum absolute atomic E-state index is 0.167. The summed E-state index contributed by atoms with van der Waals surface area (Å²) in [7, 11) is 0. The van der Waals surface area contributed by atoms with Crippen LogP contribution in [0.25, 0.3) is 0 Å². The van der Waals surface area contributed by atoms with Crippen LogP contribution < -0.4 is 21.7 Å². The maximum absolute atomic E-state index is 11.9. The van der Waals surface area contributed by atoms with Gasteiger partial charge in [0.1, 0.15) is 0 Å². The van der Waals surface area contributed by atoms with Gasteiger partial charge in [-0.2, -0.15) is 0 Å². The Labute approximate surface area is 167 Å². The molecule has 1 heterocycles. The van der Waals surface area contributed by atoms with Crippen LogP contribution in [0, 0.1) is 0 Å². The fraction of sp³-hybridized carbons (Fsp3) is 0.550. The number of guanidine groups is 1. The number of rotatable bonds is 9. The Kier molecular flexibility index (Phi) is 9.27. The summed E-state index contributed by atoms with van der Waals surface area (Å²) in [5.41, 5.74) is 6.52. The van der Waals surface area contributed by atoms with Gasteiger partial charge in [-0.05, 0) is 50.6 Å². The van der Waals surface area contributed by atoms with Gasteiger partial charge in [0.25, 0.3) is 5.91 Å². The molecule has 2 amide bonds. The topological polar surface area (TPSA) is 112 Å². The SMILES string of the molecule is CCNC(=NCc1ccc(C(=O)NCC(N)=O)cc1)NCCN1CCCCC1. The molecule has 0 saturated carbocycles. The lowest BCUT2D eigenvalue weighted by Crippen LogP contribution is -2.42. The number of likely N-dealkylation sites (tertiary alicyclic amines) is 1. The van der Waals surface area contributed by atoms with Crippen molar-refractivity contribution in [1.82, 2.24) is 20.9 Å². The van der Waals surface area contributed by atoms with Gasteiger partial charge < -0.3 is 26.6 Å². The van der Waals surface area contributed by atoms with E-state index >= 15 is 0 Å². The zero-order valence-electron chi connectivity index (χ0n) is 16.7. The van der Waals surface area contributed by atoms with E-state index in [9.17, 15) is 9.59 Å². The Morgan fingerprint density at radius 3 is 2.43 bits per heavy atom. The largest absolute Gasteiger partial charge is 0.368 e. The second-order valence-corrected chi connectivity index (χ2v) is 6.87. The summed E-state index contributed by atoms with van der Waals surface area (Å²) in [6.07, 6.45) is 3.94. The van der Waals surface area contributed by atoms with Crippen LogP contribution in [-0.4, -0.2) is 61.9 Å². The number of nitrogens with one attached hydrogen (secondary N) is 3. The predicted molar refractivity (Wildman–Crippen MR) is 111 cm³/mol. The third-order valence-corrected chi connectivity index (χ3v) is 4.57. The number of aliphatic imine (C=N–C) groups is 1. The lowest BCUT2D eigenvalue weighted by atomic mass is 10.1. The molecule has 0 unspecified atom stereocenters. The molecule has 154 valence electrons. The van der Waals surface area contributed by atoms with Crippen molar-refractivity contribution in [2.24, 2.45) is 10.7 Å². The average Bonchev–Trinajstić information content (AvgIpc) is 2.71. The summed E-state index contributed by atoms with van der Waals surface area (Å²) in [4.78, 5) is 29.7. The fourth-order valence-electron chi connectivity index (χ4n) is 3.06. The molecule has 2 rings (SSSR count). The van der Waals surface area contributed by atoms with E-state index in [0.717, 1.165) is 31.2 Å². The number of hydrogen-bond acceptors (Lipinski definition) is 4. The van der Waals surface area contributed by atoms with Crippen LogP contribution in [0.1, 0.15) is 42.1 Å². The monoisotopic (exact) mass is 388 g/mol. The van der Waals surface area contributed by atoms with Gasteiger partial charge in [-0.1, -0.05) is 18.6 Å². The highest BCUT2D eigenvalue weighted by Crippen LogP contribution is 2.07. The van der Waals surface area contributed by atoms with E-state index in [-0.39, 0.29) is 12.5 Å². The van der Waals surface area contributed by atoms with E-state index in [2.05, 4.69) is 25.8 Å². The Bertz CT molecular complexity index is 653. The normalized spacial score (nSPS) is 15.1. The van der Waals surface area contributed by atoms with Crippen LogP contribution in [0.15, 0.2) is 29.3 Å². The van der Waals surface area contributed by atoms with Gasteiger partial charge in [0.2, 0.25) is 5.91 Å². The molecule has 0 atom stereocenters. The molecule has 1 aliphatic heterocycles. The molecular weight excluding hydrogens is 356 g/mol. The first-order valence-corrected chi connectivity index (χ1v) is 9.98. The number of amides is 2. The number of benzene rings is 1. The first-order chi connectivity index (χ1) is 13.6. The lowest BCUT2D eigenvalue weighted by molar-refractivity contribution is -0.117. The quantitative estimate of drug-likeness (QED) is 0.362. The van der Waals surface area contributed by atoms with Crippen molar-refractivity contribution in [2.75, 3.05) is 39.3 Å². The molecule has 1 aromatic rings. The Balaban J connectivity index is 1.82. The Morgan fingerprint density at radius 1 is 1.07 bits per heavy atom. The van der Waals surface area contributed by atoms with Crippen molar-refractivity contribution in [3.63, 3.8) is 0 Å². The van der Waals surface area contributed by atoms with Crippen molar-refractivity contribution in [3.8, 4) is 0 Å². The van der Waals surface area contributed by atoms with Gasteiger partial charge in [-0.15, -0.1) is 0 Å². The Hall–Kier alpha value is -2.61. The first-order valence-electron chi connectivity index (χ1n) is 9.98. The van der Waals surface area contributed by atoms with Crippen molar-refractivity contribution in [2.45, 2.75) is 32.7 Å². The molecule has 0 bridgehead atoms. The molecule has 0 spiro atoms. The van der Waals surface area contributed by atoms with E-state index in [0.29, 0.717) is 12.1 Å². The van der Waals surface area contributed by atoms with Crippen LogP contribution in [0.3, 0.4) is 0 Å². The first kappa shape index (κ1) is 21.7. The summed E-state index contributed by atoms with van der Waals surface area (Å²) in [6, 6.07) is 7.16. The van der Waals surface area contributed by atoms with Crippen molar-refractivity contribution in [1.29, 1.82) is 0 Å². The highest BCUT2D eigenvalue weighted by molar-refractivity contribution is 5.96. The summed E-state index contributed by atoms with van der Waals surface area (Å²) >= 11 is 0. The van der Waals surface area contributed by atoms with E-state index in [4.69, 9.17) is 5.73 Å². The summed E-state index contributed by atoms with van der Waals surface area (Å²) in [6.45, 7) is 7.46. The van der Waals surface area contributed by atoms with Crippen LogP contribution in [0.4, 0.5) is 0 Å². The van der Waals surface area contributed by atoms with Gasteiger partial charge in [-0.25, -0.2) is 4.99 Å². The second-order valence-electron chi connectivity index (χ2n) is 6.87. The summed E-state index contributed by atoms with van der Waals surface area (Å²) in [5.74, 6) is -0.0904. The van der Waals surface area contributed by atoms with Gasteiger partial charge in [0.15, 0.2) is 5.96 Å². The molecule has 8 heteroatoms. The van der Waals surface area contributed by atoms with Gasteiger partial charge >= 0.3 is 0 Å². The molecule has 0 radical (unpaired) electrons. The fourth-order valence-corrected chi connectivity index (χ4v) is 3.06. The van der Waals surface area contributed by atoms with E-state index in [1.54, 1.807) is 12.1 Å². The smallest absolute Gasteiger partial charge is 0.251 e. The molecule has 0 aliphatic carbocycles. The molecule has 28 heavy (non-hydrogen) atoms. The molecular formula is C20H32N6O2. The zero-order valence-corrected chi connectivity index (χ0v) is 16.7. The second kappa shape index (κ2) is 12.0. The van der Waals surface area contributed by atoms with Crippen LogP contribution in [0.2, 0.25) is 0 Å². The van der Waals surface area contributed by atoms with E-state index < -0.39 is 5.91 Å².